The summed E-state index contributed by atoms with van der Waals surface area (Å²) in [5.41, 5.74) is 1.21. The van der Waals surface area contributed by atoms with Gasteiger partial charge in [-0.3, -0.25) is 9.59 Å². The minimum Gasteiger partial charge on any atom is -0.351 e. The van der Waals surface area contributed by atoms with E-state index >= 15 is 0 Å². The Kier molecular flexibility index (Phi) is 6.49. The summed E-state index contributed by atoms with van der Waals surface area (Å²) < 4.78 is 0. The van der Waals surface area contributed by atoms with E-state index in [1.165, 1.54) is 17.8 Å². The lowest BCUT2D eigenvalue weighted by molar-refractivity contribution is -0.120. The van der Waals surface area contributed by atoms with Crippen molar-refractivity contribution < 1.29 is 4.79 Å². The zero-order chi connectivity index (χ0) is 18.4. The Bertz CT molecular complexity index is 942. The largest absolute Gasteiger partial charge is 0.351 e. The average molecular weight is 406 g/mol. The quantitative estimate of drug-likeness (QED) is 0.465. The summed E-state index contributed by atoms with van der Waals surface area (Å²) in [5.74, 6) is 0.458. The second kappa shape index (κ2) is 9.02. The number of aromatic amines is 1. The molecule has 0 bridgehead atoms. The molecular formula is C18H16ClN3O2S2. The van der Waals surface area contributed by atoms with Gasteiger partial charge < -0.3 is 10.3 Å². The molecule has 0 spiro atoms. The van der Waals surface area contributed by atoms with Gasteiger partial charge in [-0.15, -0.1) is 11.3 Å². The Morgan fingerprint density at radius 1 is 1.27 bits per heavy atom. The number of thiophene rings is 1. The lowest BCUT2D eigenvalue weighted by atomic mass is 10.2. The number of nitrogens with one attached hydrogen (secondary N) is 2. The molecule has 3 aromatic rings. The lowest BCUT2D eigenvalue weighted by Crippen LogP contribution is -2.25. The summed E-state index contributed by atoms with van der Waals surface area (Å²) in [7, 11) is 0. The van der Waals surface area contributed by atoms with Crippen LogP contribution in [0.4, 0.5) is 0 Å². The van der Waals surface area contributed by atoms with E-state index in [1.54, 1.807) is 11.3 Å². The van der Waals surface area contributed by atoms with Gasteiger partial charge in [-0.05, 0) is 29.1 Å². The molecule has 0 aliphatic carbocycles. The van der Waals surface area contributed by atoms with Crippen molar-refractivity contribution in [2.45, 2.75) is 23.9 Å². The van der Waals surface area contributed by atoms with Crippen molar-refractivity contribution in [3.8, 4) is 0 Å². The van der Waals surface area contributed by atoms with Crippen molar-refractivity contribution in [1.29, 1.82) is 0 Å². The number of amides is 1. The van der Waals surface area contributed by atoms with Crippen LogP contribution in [0.25, 0.3) is 0 Å². The van der Waals surface area contributed by atoms with E-state index in [2.05, 4.69) is 15.3 Å². The van der Waals surface area contributed by atoms with Crippen molar-refractivity contribution >= 4 is 40.6 Å². The Labute approximate surface area is 163 Å². The number of hydrogen-bond donors (Lipinski definition) is 2. The molecule has 2 heterocycles. The monoisotopic (exact) mass is 405 g/mol. The highest BCUT2D eigenvalue weighted by Gasteiger charge is 2.08. The fourth-order valence-corrected chi connectivity index (χ4v) is 3.94. The van der Waals surface area contributed by atoms with Gasteiger partial charge in [0.15, 0.2) is 5.16 Å². The van der Waals surface area contributed by atoms with E-state index in [1.807, 2.05) is 41.8 Å². The molecule has 8 heteroatoms. The highest BCUT2D eigenvalue weighted by molar-refractivity contribution is 7.98. The first-order chi connectivity index (χ1) is 12.6. The second-order valence-electron chi connectivity index (χ2n) is 5.49. The summed E-state index contributed by atoms with van der Waals surface area (Å²) >= 11 is 8.95. The highest BCUT2D eigenvalue weighted by Crippen LogP contribution is 2.20. The molecule has 2 N–H and O–H groups in total. The molecule has 0 aliphatic rings. The topological polar surface area (TPSA) is 74.8 Å². The summed E-state index contributed by atoms with van der Waals surface area (Å²) in [6, 6.07) is 12.8. The maximum atomic E-state index is 12.1. The average Bonchev–Trinajstić information content (AvgIpc) is 3.11. The minimum absolute atomic E-state index is 0.0695. The summed E-state index contributed by atoms with van der Waals surface area (Å²) in [5, 5.41) is 5.95. The molecule has 2 aromatic heterocycles. The third kappa shape index (κ3) is 5.72. The van der Waals surface area contributed by atoms with Gasteiger partial charge in [-0.25, -0.2) is 4.98 Å². The number of thioether (sulfide) groups is 1. The first kappa shape index (κ1) is 18.7. The van der Waals surface area contributed by atoms with Crippen LogP contribution < -0.4 is 10.9 Å². The van der Waals surface area contributed by atoms with Crippen LogP contribution in [0, 0.1) is 0 Å². The molecule has 0 unspecified atom stereocenters. The van der Waals surface area contributed by atoms with Gasteiger partial charge in [-0.1, -0.05) is 41.6 Å². The fraction of sp³-hybridized carbons (Fsp3) is 0.167. The van der Waals surface area contributed by atoms with Gasteiger partial charge in [0.25, 0.3) is 5.56 Å². The molecule has 5 nitrogen and oxygen atoms in total. The minimum atomic E-state index is -0.269. The Balaban J connectivity index is 1.59. The maximum Gasteiger partial charge on any atom is 0.251 e. The lowest BCUT2D eigenvalue weighted by Gasteiger charge is -2.06. The normalized spacial score (nSPS) is 10.7. The highest BCUT2D eigenvalue weighted by atomic mass is 35.5. The Morgan fingerprint density at radius 3 is 2.92 bits per heavy atom. The number of H-pyrrole nitrogens is 1. The number of aromatic nitrogens is 2. The molecule has 26 heavy (non-hydrogen) atoms. The van der Waals surface area contributed by atoms with Gasteiger partial charge in [0, 0.05) is 21.7 Å². The van der Waals surface area contributed by atoms with Crippen LogP contribution in [0.2, 0.25) is 5.02 Å². The summed E-state index contributed by atoms with van der Waals surface area (Å²) in [4.78, 5) is 32.1. The van der Waals surface area contributed by atoms with E-state index in [-0.39, 0.29) is 17.9 Å². The van der Waals surface area contributed by atoms with Gasteiger partial charge in [0.1, 0.15) is 0 Å². The van der Waals surface area contributed by atoms with Crippen LogP contribution in [0.1, 0.15) is 16.1 Å². The molecule has 134 valence electrons. The Morgan fingerprint density at radius 2 is 2.15 bits per heavy atom. The van der Waals surface area contributed by atoms with Crippen molar-refractivity contribution in [3.63, 3.8) is 0 Å². The maximum absolute atomic E-state index is 12.1. The molecular weight excluding hydrogens is 390 g/mol. The van der Waals surface area contributed by atoms with Crippen molar-refractivity contribution in [2.75, 3.05) is 0 Å². The van der Waals surface area contributed by atoms with Crippen LogP contribution >= 0.6 is 34.7 Å². The number of hydrogen-bond acceptors (Lipinski definition) is 5. The molecule has 0 radical (unpaired) electrons. The smallest absolute Gasteiger partial charge is 0.251 e. The zero-order valence-corrected chi connectivity index (χ0v) is 16.1. The molecule has 0 fully saturated rings. The number of nitrogens with zero attached hydrogens (tertiary/aromatic N) is 1. The zero-order valence-electron chi connectivity index (χ0n) is 13.7. The third-order valence-corrected chi connectivity index (χ3v) is 5.48. The third-order valence-electron chi connectivity index (χ3n) is 3.42. The van der Waals surface area contributed by atoms with E-state index in [4.69, 9.17) is 11.6 Å². The van der Waals surface area contributed by atoms with Crippen LogP contribution in [-0.2, 0) is 23.5 Å². The van der Waals surface area contributed by atoms with E-state index in [0.717, 1.165) is 10.4 Å². The molecule has 3 rings (SSSR count). The first-order valence-electron chi connectivity index (χ1n) is 7.85. The summed E-state index contributed by atoms with van der Waals surface area (Å²) in [6.45, 7) is 0.482. The first-order valence-corrected chi connectivity index (χ1v) is 10.1. The van der Waals surface area contributed by atoms with Gasteiger partial charge in [0.2, 0.25) is 5.91 Å². The van der Waals surface area contributed by atoms with Gasteiger partial charge in [-0.2, -0.15) is 0 Å². The predicted octanol–water partition coefficient (Wildman–Crippen LogP) is 3.64. The molecule has 1 aromatic carbocycles. The number of carbonyl (C=O) groups is 1. The van der Waals surface area contributed by atoms with Gasteiger partial charge >= 0.3 is 0 Å². The predicted molar refractivity (Wildman–Crippen MR) is 106 cm³/mol. The van der Waals surface area contributed by atoms with E-state index < -0.39 is 0 Å². The van der Waals surface area contributed by atoms with Gasteiger partial charge in [0.05, 0.1) is 18.7 Å². The molecule has 0 saturated heterocycles. The van der Waals surface area contributed by atoms with Crippen molar-refractivity contribution in [3.05, 3.63) is 79.4 Å². The number of halogens is 1. The van der Waals surface area contributed by atoms with Crippen molar-refractivity contribution in [2.24, 2.45) is 0 Å². The molecule has 0 atom stereocenters. The number of rotatable bonds is 7. The SMILES string of the molecule is O=C(Cc1cc(=O)[nH]c(SCc2cccc(Cl)c2)n1)NCc1cccs1. The van der Waals surface area contributed by atoms with Crippen LogP contribution in [0.5, 0.6) is 0 Å². The fourth-order valence-electron chi connectivity index (χ4n) is 2.25. The Hall–Kier alpha value is -2.09. The number of carbonyl (C=O) groups excluding carboxylic acids is 1. The van der Waals surface area contributed by atoms with Crippen LogP contribution in [-0.4, -0.2) is 15.9 Å². The van der Waals surface area contributed by atoms with E-state index in [0.29, 0.717) is 28.2 Å². The van der Waals surface area contributed by atoms with Crippen LogP contribution in [0.3, 0.4) is 0 Å². The second-order valence-corrected chi connectivity index (χ2v) is 7.93. The summed E-state index contributed by atoms with van der Waals surface area (Å²) in [6.07, 6.45) is 0.0695. The molecule has 1 amide bonds. The number of benzene rings is 1. The standard InChI is InChI=1S/C18H16ClN3O2S2/c19-13-4-1-3-12(7-13)11-26-18-21-14(9-17(24)22-18)8-16(23)20-10-15-5-2-6-25-15/h1-7,9H,8,10-11H2,(H,20,23)(H,21,22,24). The van der Waals surface area contributed by atoms with E-state index in [9.17, 15) is 9.59 Å². The molecule has 0 saturated carbocycles. The van der Waals surface area contributed by atoms with Crippen molar-refractivity contribution in [1.82, 2.24) is 15.3 Å². The molecule has 0 aliphatic heterocycles. The van der Waals surface area contributed by atoms with Crippen LogP contribution in [0.15, 0.2) is 57.8 Å².